The first-order valence-electron chi connectivity index (χ1n) is 9.52. The highest BCUT2D eigenvalue weighted by molar-refractivity contribution is 5.93. The summed E-state index contributed by atoms with van der Waals surface area (Å²) in [5.74, 6) is -0.102. The third-order valence-corrected chi connectivity index (χ3v) is 5.07. The minimum atomic E-state index is -0.326. The molecule has 0 spiro atoms. The molecule has 0 bridgehead atoms. The molecule has 0 atom stereocenters. The van der Waals surface area contributed by atoms with Crippen LogP contribution in [0.4, 0.5) is 10.1 Å². The van der Waals surface area contributed by atoms with Crippen molar-refractivity contribution in [1.29, 1.82) is 0 Å². The van der Waals surface area contributed by atoms with Crippen LogP contribution < -0.4 is 10.6 Å². The van der Waals surface area contributed by atoms with Gasteiger partial charge in [0.25, 0.3) is 0 Å². The Morgan fingerprint density at radius 2 is 1.96 bits per heavy atom. The number of nitrogens with zero attached hydrogens (tertiary/aromatic N) is 3. The number of carbonyl (C=O) groups excluding carboxylic acids is 2. The molecule has 7 nitrogen and oxygen atoms in total. The van der Waals surface area contributed by atoms with E-state index < -0.39 is 0 Å². The van der Waals surface area contributed by atoms with Gasteiger partial charge in [-0.1, -0.05) is 6.07 Å². The fourth-order valence-corrected chi connectivity index (χ4v) is 3.34. The van der Waals surface area contributed by atoms with E-state index >= 15 is 0 Å². The Bertz CT molecular complexity index is 801. The average Bonchev–Trinajstić information content (AvgIpc) is 3.18. The first kappa shape index (κ1) is 20.0. The largest absolute Gasteiger partial charge is 0.354 e. The van der Waals surface area contributed by atoms with Gasteiger partial charge >= 0.3 is 0 Å². The molecule has 0 aliphatic carbocycles. The fourth-order valence-electron chi connectivity index (χ4n) is 3.34. The van der Waals surface area contributed by atoms with Crippen molar-refractivity contribution in [3.05, 3.63) is 48.0 Å². The molecule has 1 saturated heterocycles. The number of hydrogen-bond acceptors (Lipinski definition) is 4. The predicted octanol–water partition coefficient (Wildman–Crippen LogP) is 1.80. The summed E-state index contributed by atoms with van der Waals surface area (Å²) in [5.41, 5.74) is 0.959. The smallest absolute Gasteiger partial charge is 0.241 e. The molecule has 2 amide bonds. The molecule has 1 aliphatic heterocycles. The van der Waals surface area contributed by atoms with Crippen LogP contribution in [0.15, 0.2) is 36.7 Å². The minimum absolute atomic E-state index is 0.0454. The highest BCUT2D eigenvalue weighted by Gasteiger charge is 2.21. The number of halogens is 1. The molecular formula is C20H26FN5O2. The Balaban J connectivity index is 1.36. The third kappa shape index (κ3) is 5.63. The van der Waals surface area contributed by atoms with E-state index in [9.17, 15) is 14.0 Å². The van der Waals surface area contributed by atoms with Gasteiger partial charge in [-0.2, -0.15) is 5.10 Å². The van der Waals surface area contributed by atoms with E-state index in [1.54, 1.807) is 42.2 Å². The summed E-state index contributed by atoms with van der Waals surface area (Å²) in [5, 5.41) is 9.76. The summed E-state index contributed by atoms with van der Waals surface area (Å²) in [7, 11) is 0. The molecule has 2 heterocycles. The topological polar surface area (TPSA) is 79.3 Å². The summed E-state index contributed by atoms with van der Waals surface area (Å²) < 4.78 is 15.2. The van der Waals surface area contributed by atoms with Crippen LogP contribution in [0, 0.1) is 18.7 Å². The van der Waals surface area contributed by atoms with Crippen LogP contribution in [0.5, 0.6) is 0 Å². The van der Waals surface area contributed by atoms with Crippen LogP contribution >= 0.6 is 0 Å². The Hall–Kier alpha value is -2.74. The minimum Gasteiger partial charge on any atom is -0.354 e. The number of rotatable bonds is 7. The van der Waals surface area contributed by atoms with E-state index in [0.717, 1.165) is 25.9 Å². The molecule has 0 radical (unpaired) electrons. The van der Waals surface area contributed by atoms with Gasteiger partial charge in [0.15, 0.2) is 0 Å². The van der Waals surface area contributed by atoms with Gasteiger partial charge in [0, 0.05) is 30.2 Å². The standard InChI is InChI=1S/C20H26FN5O2/c1-15-17(21)4-2-5-18(15)24-20(28)13-25-10-6-16(7-11-25)12-22-19(27)14-26-9-3-8-23-26/h2-5,8-9,16H,6-7,10-14H2,1H3,(H,22,27)(H,24,28). The first-order valence-corrected chi connectivity index (χ1v) is 9.52. The van der Waals surface area contributed by atoms with Crippen LogP contribution in [-0.4, -0.2) is 52.7 Å². The quantitative estimate of drug-likeness (QED) is 0.759. The van der Waals surface area contributed by atoms with Crippen LogP contribution in [0.3, 0.4) is 0 Å². The van der Waals surface area contributed by atoms with Gasteiger partial charge in [0.1, 0.15) is 12.4 Å². The lowest BCUT2D eigenvalue weighted by atomic mass is 9.97. The zero-order valence-electron chi connectivity index (χ0n) is 16.0. The summed E-state index contributed by atoms with van der Waals surface area (Å²) in [6.45, 7) is 4.41. The maximum atomic E-state index is 13.6. The second-order valence-electron chi connectivity index (χ2n) is 7.19. The molecule has 2 aromatic rings. The maximum absolute atomic E-state index is 13.6. The van der Waals surface area contributed by atoms with Gasteiger partial charge < -0.3 is 10.6 Å². The van der Waals surface area contributed by atoms with E-state index in [-0.39, 0.29) is 30.7 Å². The van der Waals surface area contributed by atoms with E-state index in [1.165, 1.54) is 6.07 Å². The van der Waals surface area contributed by atoms with E-state index in [1.807, 2.05) is 0 Å². The van der Waals surface area contributed by atoms with Gasteiger partial charge in [-0.3, -0.25) is 19.2 Å². The normalized spacial score (nSPS) is 15.4. The number of hydrogen-bond donors (Lipinski definition) is 2. The molecule has 1 aromatic heterocycles. The number of anilines is 1. The summed E-state index contributed by atoms with van der Waals surface area (Å²) in [6, 6.07) is 6.46. The zero-order chi connectivity index (χ0) is 19.9. The number of amides is 2. The fraction of sp³-hybridized carbons (Fsp3) is 0.450. The first-order chi connectivity index (χ1) is 13.5. The monoisotopic (exact) mass is 387 g/mol. The van der Waals surface area contributed by atoms with Crippen molar-refractivity contribution in [3.8, 4) is 0 Å². The second kappa shape index (κ2) is 9.45. The second-order valence-corrected chi connectivity index (χ2v) is 7.19. The predicted molar refractivity (Wildman–Crippen MR) is 104 cm³/mol. The highest BCUT2D eigenvalue weighted by atomic mass is 19.1. The van der Waals surface area contributed by atoms with Gasteiger partial charge in [0.05, 0.1) is 6.54 Å². The van der Waals surface area contributed by atoms with E-state index in [4.69, 9.17) is 0 Å². The third-order valence-electron chi connectivity index (χ3n) is 5.07. The molecule has 0 unspecified atom stereocenters. The number of aromatic nitrogens is 2. The van der Waals surface area contributed by atoms with Crippen LogP contribution in [-0.2, 0) is 16.1 Å². The lowest BCUT2D eigenvalue weighted by Crippen LogP contribution is -2.42. The Morgan fingerprint density at radius 3 is 2.68 bits per heavy atom. The van der Waals surface area contributed by atoms with Gasteiger partial charge in [-0.05, 0) is 57.0 Å². The van der Waals surface area contributed by atoms with Crippen molar-refractivity contribution in [3.63, 3.8) is 0 Å². The van der Waals surface area contributed by atoms with Gasteiger partial charge in [-0.15, -0.1) is 0 Å². The average molecular weight is 387 g/mol. The number of piperidine rings is 1. The molecule has 8 heteroatoms. The maximum Gasteiger partial charge on any atom is 0.241 e. The number of benzene rings is 1. The van der Waals surface area contributed by atoms with Crippen molar-refractivity contribution in [1.82, 2.24) is 20.0 Å². The summed E-state index contributed by atoms with van der Waals surface area (Å²) >= 11 is 0. The van der Waals surface area contributed by atoms with Gasteiger partial charge in [0.2, 0.25) is 11.8 Å². The lowest BCUT2D eigenvalue weighted by Gasteiger charge is -2.31. The number of carbonyl (C=O) groups is 2. The molecule has 1 fully saturated rings. The number of nitrogens with one attached hydrogen (secondary N) is 2. The van der Waals surface area contributed by atoms with Crippen molar-refractivity contribution in [2.75, 3.05) is 31.5 Å². The Kier molecular flexibility index (Phi) is 6.76. The molecule has 1 aliphatic rings. The lowest BCUT2D eigenvalue weighted by molar-refractivity contribution is -0.122. The van der Waals surface area contributed by atoms with Crippen LogP contribution in [0.2, 0.25) is 0 Å². The van der Waals surface area contributed by atoms with Crippen LogP contribution in [0.25, 0.3) is 0 Å². The summed E-state index contributed by atoms with van der Waals surface area (Å²) in [6.07, 6.45) is 5.26. The van der Waals surface area contributed by atoms with E-state index in [0.29, 0.717) is 23.7 Å². The highest BCUT2D eigenvalue weighted by Crippen LogP contribution is 2.19. The molecule has 1 aromatic carbocycles. The Labute approximate surface area is 163 Å². The van der Waals surface area contributed by atoms with Crippen molar-refractivity contribution >= 4 is 17.5 Å². The Morgan fingerprint density at radius 1 is 1.18 bits per heavy atom. The van der Waals surface area contributed by atoms with Crippen molar-refractivity contribution in [2.45, 2.75) is 26.3 Å². The van der Waals surface area contributed by atoms with E-state index in [2.05, 4.69) is 20.6 Å². The van der Waals surface area contributed by atoms with Gasteiger partial charge in [-0.25, -0.2) is 4.39 Å². The molecule has 0 saturated carbocycles. The molecule has 28 heavy (non-hydrogen) atoms. The number of likely N-dealkylation sites (tertiary alicyclic amines) is 1. The van der Waals surface area contributed by atoms with Crippen molar-refractivity contribution in [2.24, 2.45) is 5.92 Å². The molecule has 3 rings (SSSR count). The molecule has 150 valence electrons. The van der Waals surface area contributed by atoms with Crippen molar-refractivity contribution < 1.29 is 14.0 Å². The molecule has 2 N–H and O–H groups in total. The molecular weight excluding hydrogens is 361 g/mol. The zero-order valence-corrected chi connectivity index (χ0v) is 16.0. The summed E-state index contributed by atoms with van der Waals surface area (Å²) in [4.78, 5) is 26.3. The van der Waals surface area contributed by atoms with Crippen LogP contribution in [0.1, 0.15) is 18.4 Å². The SMILES string of the molecule is Cc1c(F)cccc1NC(=O)CN1CCC(CNC(=O)Cn2cccn2)CC1.